The molecule has 102 valence electrons. The fourth-order valence-corrected chi connectivity index (χ4v) is 2.63. The maximum Gasteiger partial charge on any atom is 0.325 e. The lowest BCUT2D eigenvalue weighted by atomic mass is 10.3. The van der Waals surface area contributed by atoms with Crippen molar-refractivity contribution in [3.8, 4) is 0 Å². The fraction of sp³-hybridized carbons (Fsp3) is 0.167. The van der Waals surface area contributed by atoms with Crippen molar-refractivity contribution in [3.05, 3.63) is 35.6 Å². The number of carboxylic acid groups (broad SMARTS) is 1. The number of nitrogens with one attached hydrogen (secondary N) is 1. The van der Waals surface area contributed by atoms with E-state index < -0.39 is 5.97 Å². The molecule has 7 nitrogen and oxygen atoms in total. The third-order valence-corrected chi connectivity index (χ3v) is 3.58. The molecule has 3 aromatic heterocycles. The van der Waals surface area contributed by atoms with Gasteiger partial charge in [-0.1, -0.05) is 5.21 Å². The average molecular weight is 289 g/mol. The van der Waals surface area contributed by atoms with Crippen LogP contribution in [-0.4, -0.2) is 31.1 Å². The van der Waals surface area contributed by atoms with Gasteiger partial charge in [0.15, 0.2) is 0 Å². The first kappa shape index (κ1) is 12.5. The SMILES string of the molecule is O=C(O)Cn1cc(CNc2nccc3sccc23)nn1. The molecular weight excluding hydrogens is 278 g/mol. The van der Waals surface area contributed by atoms with Crippen molar-refractivity contribution >= 4 is 33.2 Å². The number of fused-ring (bicyclic) bond motifs is 1. The van der Waals surface area contributed by atoms with Crippen molar-refractivity contribution in [2.24, 2.45) is 0 Å². The number of aliphatic carboxylic acids is 1. The van der Waals surface area contributed by atoms with Gasteiger partial charge in [0.1, 0.15) is 18.1 Å². The van der Waals surface area contributed by atoms with Crippen LogP contribution in [0.4, 0.5) is 5.82 Å². The molecule has 0 saturated carbocycles. The molecule has 0 aliphatic rings. The number of hydrogen-bond donors (Lipinski definition) is 2. The zero-order valence-electron chi connectivity index (χ0n) is 10.4. The highest BCUT2D eigenvalue weighted by atomic mass is 32.1. The van der Waals surface area contributed by atoms with Gasteiger partial charge in [0, 0.05) is 16.3 Å². The number of hydrogen-bond acceptors (Lipinski definition) is 6. The molecule has 0 aliphatic heterocycles. The number of carbonyl (C=O) groups is 1. The van der Waals surface area contributed by atoms with E-state index >= 15 is 0 Å². The van der Waals surface area contributed by atoms with Crippen LogP contribution in [-0.2, 0) is 17.9 Å². The zero-order chi connectivity index (χ0) is 13.9. The van der Waals surface area contributed by atoms with E-state index in [0.717, 1.165) is 15.9 Å². The molecule has 8 heteroatoms. The number of rotatable bonds is 5. The largest absolute Gasteiger partial charge is 0.480 e. The second-order valence-electron chi connectivity index (χ2n) is 4.15. The minimum atomic E-state index is -0.945. The normalized spacial score (nSPS) is 10.8. The summed E-state index contributed by atoms with van der Waals surface area (Å²) in [6.45, 7) is 0.257. The van der Waals surface area contributed by atoms with Crippen LogP contribution < -0.4 is 5.32 Å². The molecule has 0 fully saturated rings. The van der Waals surface area contributed by atoms with Gasteiger partial charge in [0.2, 0.25) is 0 Å². The lowest BCUT2D eigenvalue weighted by Gasteiger charge is -2.04. The molecule has 0 spiro atoms. The van der Waals surface area contributed by atoms with Crippen LogP contribution in [0.1, 0.15) is 5.69 Å². The highest BCUT2D eigenvalue weighted by Crippen LogP contribution is 2.25. The minimum Gasteiger partial charge on any atom is -0.480 e. The molecule has 2 N–H and O–H groups in total. The van der Waals surface area contributed by atoms with Crippen LogP contribution in [0, 0.1) is 0 Å². The standard InChI is InChI=1S/C12H11N5O2S/c18-11(19)7-17-6-8(15-16-17)5-14-12-9-2-4-20-10(9)1-3-13-12/h1-4,6H,5,7H2,(H,13,14)(H,18,19). The lowest BCUT2D eigenvalue weighted by molar-refractivity contribution is -0.137. The Balaban J connectivity index is 1.71. The third kappa shape index (κ3) is 2.59. The molecule has 0 amide bonds. The van der Waals surface area contributed by atoms with Gasteiger partial charge in [-0.25, -0.2) is 9.67 Å². The third-order valence-electron chi connectivity index (χ3n) is 2.70. The van der Waals surface area contributed by atoms with E-state index in [1.54, 1.807) is 23.7 Å². The molecule has 0 saturated heterocycles. The molecule has 0 unspecified atom stereocenters. The average Bonchev–Trinajstić information content (AvgIpc) is 3.04. The van der Waals surface area contributed by atoms with Gasteiger partial charge in [-0.2, -0.15) is 0 Å². The lowest BCUT2D eigenvalue weighted by Crippen LogP contribution is -2.09. The smallest absolute Gasteiger partial charge is 0.325 e. The summed E-state index contributed by atoms with van der Waals surface area (Å²) >= 11 is 1.66. The Morgan fingerprint density at radius 2 is 2.35 bits per heavy atom. The summed E-state index contributed by atoms with van der Waals surface area (Å²) in [5.41, 5.74) is 0.667. The molecule has 0 radical (unpaired) electrons. The Kier molecular flexibility index (Phi) is 3.30. The summed E-state index contributed by atoms with van der Waals surface area (Å²) in [6.07, 6.45) is 3.36. The molecular formula is C12H11N5O2S. The maximum atomic E-state index is 10.6. The minimum absolute atomic E-state index is 0.189. The topological polar surface area (TPSA) is 92.9 Å². The van der Waals surface area contributed by atoms with E-state index in [4.69, 9.17) is 5.11 Å². The number of nitrogens with zero attached hydrogens (tertiary/aromatic N) is 4. The summed E-state index contributed by atoms with van der Waals surface area (Å²) in [5, 5.41) is 22.6. The molecule has 3 heterocycles. The fourth-order valence-electron chi connectivity index (χ4n) is 1.85. The maximum absolute atomic E-state index is 10.6. The van der Waals surface area contributed by atoms with E-state index in [0.29, 0.717) is 12.2 Å². The quantitative estimate of drug-likeness (QED) is 0.741. The highest BCUT2D eigenvalue weighted by Gasteiger charge is 2.06. The molecule has 20 heavy (non-hydrogen) atoms. The Hall–Kier alpha value is -2.48. The summed E-state index contributed by atoms with van der Waals surface area (Å²) in [7, 11) is 0. The molecule has 0 aliphatic carbocycles. The summed E-state index contributed by atoms with van der Waals surface area (Å²) in [6, 6.07) is 3.98. The van der Waals surface area contributed by atoms with Gasteiger partial charge in [0.25, 0.3) is 0 Å². The highest BCUT2D eigenvalue weighted by molar-refractivity contribution is 7.17. The van der Waals surface area contributed by atoms with Crippen molar-refractivity contribution in [1.82, 2.24) is 20.0 Å². The van der Waals surface area contributed by atoms with Gasteiger partial charge in [-0.05, 0) is 17.5 Å². The van der Waals surface area contributed by atoms with Gasteiger partial charge >= 0.3 is 5.97 Å². The molecule has 0 bridgehead atoms. The van der Waals surface area contributed by atoms with Crippen LogP contribution in [0.15, 0.2) is 29.9 Å². The van der Waals surface area contributed by atoms with Crippen molar-refractivity contribution < 1.29 is 9.90 Å². The summed E-state index contributed by atoms with van der Waals surface area (Å²) in [4.78, 5) is 14.9. The summed E-state index contributed by atoms with van der Waals surface area (Å²) in [5.74, 6) is -0.157. The Bertz CT molecular complexity index is 751. The van der Waals surface area contributed by atoms with E-state index in [-0.39, 0.29) is 6.54 Å². The second-order valence-corrected chi connectivity index (χ2v) is 5.09. The van der Waals surface area contributed by atoms with Crippen LogP contribution in [0.25, 0.3) is 10.1 Å². The van der Waals surface area contributed by atoms with Crippen molar-refractivity contribution in [3.63, 3.8) is 0 Å². The molecule has 3 aromatic rings. The van der Waals surface area contributed by atoms with E-state index in [1.165, 1.54) is 4.68 Å². The first-order chi connectivity index (χ1) is 9.72. The Morgan fingerprint density at radius 1 is 1.45 bits per heavy atom. The number of carboxylic acids is 1. The van der Waals surface area contributed by atoms with Crippen molar-refractivity contribution in [1.29, 1.82) is 0 Å². The van der Waals surface area contributed by atoms with Crippen molar-refractivity contribution in [2.45, 2.75) is 13.1 Å². The zero-order valence-corrected chi connectivity index (χ0v) is 11.2. The number of anilines is 1. The van der Waals surface area contributed by atoms with Crippen molar-refractivity contribution in [2.75, 3.05) is 5.32 Å². The van der Waals surface area contributed by atoms with Gasteiger partial charge in [-0.15, -0.1) is 16.4 Å². The number of pyridine rings is 1. The first-order valence-electron chi connectivity index (χ1n) is 5.89. The van der Waals surface area contributed by atoms with Crippen LogP contribution in [0.5, 0.6) is 0 Å². The number of aromatic nitrogens is 4. The predicted octanol–water partition coefficient (Wildman–Crippen LogP) is 1.58. The van der Waals surface area contributed by atoms with E-state index in [9.17, 15) is 4.79 Å². The summed E-state index contributed by atoms with van der Waals surface area (Å²) < 4.78 is 2.45. The molecule has 0 aromatic carbocycles. The monoisotopic (exact) mass is 289 g/mol. The van der Waals surface area contributed by atoms with Gasteiger partial charge in [-0.3, -0.25) is 4.79 Å². The van der Waals surface area contributed by atoms with Crippen LogP contribution in [0.2, 0.25) is 0 Å². The Morgan fingerprint density at radius 3 is 3.20 bits per heavy atom. The van der Waals surface area contributed by atoms with E-state index in [2.05, 4.69) is 20.6 Å². The van der Waals surface area contributed by atoms with E-state index in [1.807, 2.05) is 17.5 Å². The number of thiophene rings is 1. The van der Waals surface area contributed by atoms with Gasteiger partial charge < -0.3 is 10.4 Å². The predicted molar refractivity (Wildman–Crippen MR) is 74.6 cm³/mol. The molecule has 3 rings (SSSR count). The van der Waals surface area contributed by atoms with Gasteiger partial charge in [0.05, 0.1) is 12.7 Å². The molecule has 0 atom stereocenters. The first-order valence-corrected chi connectivity index (χ1v) is 6.77. The van der Waals surface area contributed by atoms with Crippen LogP contribution >= 0.6 is 11.3 Å². The van der Waals surface area contributed by atoms with Crippen LogP contribution in [0.3, 0.4) is 0 Å². The Labute approximate surface area is 117 Å². The second kappa shape index (κ2) is 5.25.